The molecular formula is C25H29FN5O5+. The summed E-state index contributed by atoms with van der Waals surface area (Å²) in [7, 11) is 0. The van der Waals surface area contributed by atoms with Gasteiger partial charge in [0, 0.05) is 24.8 Å². The van der Waals surface area contributed by atoms with Gasteiger partial charge < -0.3 is 30.2 Å². The molecule has 11 heteroatoms. The number of hydrogen-bond acceptors (Lipinski definition) is 6. The van der Waals surface area contributed by atoms with Gasteiger partial charge >= 0.3 is 0 Å². The van der Waals surface area contributed by atoms with Gasteiger partial charge in [-0.05, 0) is 49.2 Å². The molecule has 2 aliphatic rings. The van der Waals surface area contributed by atoms with Crippen molar-refractivity contribution >= 4 is 22.8 Å². The number of carbonyl (C=O) groups excluding carboxylic acids is 2. The number of likely N-dealkylation sites (tertiary alicyclic amines) is 1. The number of aliphatic hydroxyl groups is 2. The first-order chi connectivity index (χ1) is 17.4. The zero-order valence-electron chi connectivity index (χ0n) is 19.9. The highest BCUT2D eigenvalue weighted by Crippen LogP contribution is 2.35. The summed E-state index contributed by atoms with van der Waals surface area (Å²) < 4.78 is 19.9. The third kappa shape index (κ3) is 4.76. The minimum Gasteiger partial charge on any atom is -0.492 e. The standard InChI is InChI=1S/C25H28FN5O5/c1-13-21(25(35)30-17-6-7-31(9-18(17)33)20(34)10-32)23-24(29-13)22(27-12-28-23)16-5-4-15(26)8-19(16)36-11-14-2-3-14/h4-5,8,12,14,17-18,29,32-33H,2-3,6-7,9-11H2,1H3,(H,30,35)/p+1/t17-,18+/m1/s1. The number of aromatic nitrogens is 3. The van der Waals surface area contributed by atoms with E-state index >= 15 is 0 Å². The molecule has 1 aliphatic carbocycles. The summed E-state index contributed by atoms with van der Waals surface area (Å²) in [5.74, 6) is -0.354. The number of amides is 2. The second kappa shape index (κ2) is 9.82. The molecule has 2 aromatic heterocycles. The number of nitrogens with zero attached hydrogens (tertiary/aromatic N) is 2. The summed E-state index contributed by atoms with van der Waals surface area (Å²) in [5, 5.41) is 22.4. The van der Waals surface area contributed by atoms with Gasteiger partial charge in [0.1, 0.15) is 29.3 Å². The molecule has 0 bridgehead atoms. The fourth-order valence-electron chi connectivity index (χ4n) is 4.63. The SMILES string of the molecule is Cc1[nH]c2c(-c3ccc(F)cc3OCC3CC3)[nH+]cnc2c1C(=O)N[C@@H]1CCN(C(=O)CO)C[C@@H]1O. The summed E-state index contributed by atoms with van der Waals surface area (Å²) in [6.07, 6.45) is 3.07. The number of piperidine rings is 1. The van der Waals surface area contributed by atoms with Gasteiger partial charge in [-0.2, -0.15) is 0 Å². The van der Waals surface area contributed by atoms with Crippen molar-refractivity contribution in [2.75, 3.05) is 26.3 Å². The summed E-state index contributed by atoms with van der Waals surface area (Å²) in [6, 6.07) is 3.80. The maximum Gasteiger partial charge on any atom is 0.285 e. The predicted octanol–water partition coefficient (Wildman–Crippen LogP) is 0.964. The number of benzene rings is 1. The van der Waals surface area contributed by atoms with Crippen LogP contribution >= 0.6 is 0 Å². The van der Waals surface area contributed by atoms with Crippen molar-refractivity contribution < 1.29 is 33.9 Å². The van der Waals surface area contributed by atoms with Gasteiger partial charge in [0.15, 0.2) is 5.69 Å². The topological polar surface area (TPSA) is 142 Å². The van der Waals surface area contributed by atoms with Crippen molar-refractivity contribution in [3.63, 3.8) is 0 Å². The summed E-state index contributed by atoms with van der Waals surface area (Å²) in [6.45, 7) is 2.01. The minimum absolute atomic E-state index is 0.0305. The van der Waals surface area contributed by atoms with Crippen LogP contribution in [0.4, 0.5) is 4.39 Å². The monoisotopic (exact) mass is 498 g/mol. The van der Waals surface area contributed by atoms with Crippen LogP contribution in [0.25, 0.3) is 22.3 Å². The molecular weight excluding hydrogens is 469 g/mol. The largest absolute Gasteiger partial charge is 0.492 e. The highest BCUT2D eigenvalue weighted by molar-refractivity contribution is 6.08. The molecule has 3 aromatic rings. The average Bonchev–Trinajstić information content (AvgIpc) is 3.63. The first-order valence-electron chi connectivity index (χ1n) is 12.0. The van der Waals surface area contributed by atoms with E-state index in [0.717, 1.165) is 12.8 Å². The van der Waals surface area contributed by atoms with Crippen LogP contribution in [0.3, 0.4) is 0 Å². The van der Waals surface area contributed by atoms with E-state index in [4.69, 9.17) is 9.84 Å². The Morgan fingerprint density at radius 3 is 2.86 bits per heavy atom. The second-order valence-corrected chi connectivity index (χ2v) is 9.45. The number of nitrogens with one attached hydrogen (secondary N) is 3. The number of rotatable bonds is 7. The number of aryl methyl sites for hydroxylation is 1. The van der Waals surface area contributed by atoms with E-state index in [2.05, 4.69) is 20.3 Å². The van der Waals surface area contributed by atoms with E-state index in [1.807, 2.05) is 0 Å². The van der Waals surface area contributed by atoms with Crippen molar-refractivity contribution in [1.29, 1.82) is 0 Å². The molecule has 5 rings (SSSR count). The van der Waals surface area contributed by atoms with Gasteiger partial charge in [0.05, 0.1) is 24.3 Å². The zero-order chi connectivity index (χ0) is 25.4. The molecule has 1 aromatic carbocycles. The molecule has 2 atom stereocenters. The number of fused-ring (bicyclic) bond motifs is 1. The maximum absolute atomic E-state index is 14.0. The molecule has 3 heterocycles. The van der Waals surface area contributed by atoms with Gasteiger partial charge in [-0.3, -0.25) is 9.59 Å². The van der Waals surface area contributed by atoms with Gasteiger partial charge in [0.25, 0.3) is 12.2 Å². The highest BCUT2D eigenvalue weighted by Gasteiger charge is 2.33. The Morgan fingerprint density at radius 1 is 1.33 bits per heavy atom. The van der Waals surface area contributed by atoms with Crippen molar-refractivity contribution in [2.24, 2.45) is 5.92 Å². The molecule has 1 saturated carbocycles. The van der Waals surface area contributed by atoms with Crippen LogP contribution in [0.5, 0.6) is 5.75 Å². The van der Waals surface area contributed by atoms with Crippen molar-refractivity contribution in [1.82, 2.24) is 20.2 Å². The predicted molar refractivity (Wildman–Crippen MR) is 127 cm³/mol. The number of hydrogen-bond donors (Lipinski definition) is 4. The molecule has 5 N–H and O–H groups in total. The lowest BCUT2D eigenvalue weighted by molar-refractivity contribution is -0.367. The van der Waals surface area contributed by atoms with Crippen LogP contribution in [0.1, 0.15) is 35.3 Å². The zero-order valence-corrected chi connectivity index (χ0v) is 19.9. The van der Waals surface area contributed by atoms with E-state index in [0.29, 0.717) is 64.8 Å². The lowest BCUT2D eigenvalue weighted by Crippen LogP contribution is -2.55. The lowest BCUT2D eigenvalue weighted by Gasteiger charge is -2.35. The Balaban J connectivity index is 1.42. The van der Waals surface area contributed by atoms with Crippen molar-refractivity contribution in [3.8, 4) is 17.0 Å². The fourth-order valence-corrected chi connectivity index (χ4v) is 4.63. The summed E-state index contributed by atoms with van der Waals surface area (Å²) in [5.41, 5.74) is 3.19. The Labute approximate surface area is 206 Å². The quantitative estimate of drug-likeness (QED) is 0.382. The number of halogens is 1. The number of aliphatic hydroxyl groups excluding tert-OH is 2. The van der Waals surface area contributed by atoms with E-state index in [1.54, 1.807) is 13.0 Å². The van der Waals surface area contributed by atoms with E-state index < -0.39 is 36.4 Å². The average molecular weight is 499 g/mol. The van der Waals surface area contributed by atoms with Crippen LogP contribution in [0.2, 0.25) is 0 Å². The molecule has 1 saturated heterocycles. The Bertz CT molecular complexity index is 1310. The van der Waals surface area contributed by atoms with Crippen molar-refractivity contribution in [2.45, 2.75) is 38.3 Å². The summed E-state index contributed by atoms with van der Waals surface area (Å²) in [4.78, 5) is 37.1. The Hall–Kier alpha value is -3.57. The molecule has 1 aliphatic heterocycles. The Kier molecular flexibility index (Phi) is 6.59. The van der Waals surface area contributed by atoms with Crippen LogP contribution in [-0.2, 0) is 4.79 Å². The number of carbonyl (C=O) groups is 2. The number of aromatic amines is 2. The number of β-amino-alcohol motifs (C(OH)–C–C–N with tert-alkyl or cyclic N) is 1. The molecule has 10 nitrogen and oxygen atoms in total. The second-order valence-electron chi connectivity index (χ2n) is 9.45. The third-order valence-corrected chi connectivity index (χ3v) is 6.81. The summed E-state index contributed by atoms with van der Waals surface area (Å²) >= 11 is 0. The van der Waals surface area contributed by atoms with Gasteiger partial charge in [0.2, 0.25) is 11.4 Å². The smallest absolute Gasteiger partial charge is 0.285 e. The van der Waals surface area contributed by atoms with Crippen LogP contribution in [0.15, 0.2) is 24.5 Å². The van der Waals surface area contributed by atoms with Crippen LogP contribution in [-0.4, -0.2) is 75.3 Å². The maximum atomic E-state index is 14.0. The van der Waals surface area contributed by atoms with Gasteiger partial charge in [-0.25, -0.2) is 9.37 Å². The molecule has 0 spiro atoms. The molecule has 0 unspecified atom stereocenters. The molecule has 2 fully saturated rings. The first-order valence-corrected chi connectivity index (χ1v) is 12.0. The lowest BCUT2D eigenvalue weighted by atomic mass is 10.0. The van der Waals surface area contributed by atoms with E-state index in [-0.39, 0.29) is 6.54 Å². The fraction of sp³-hybridized carbons (Fsp3) is 0.440. The minimum atomic E-state index is -0.967. The van der Waals surface area contributed by atoms with Crippen LogP contribution < -0.4 is 15.0 Å². The number of H-pyrrole nitrogens is 2. The first kappa shape index (κ1) is 24.1. The molecule has 190 valence electrons. The molecule has 2 amide bonds. The van der Waals surface area contributed by atoms with E-state index in [9.17, 15) is 19.1 Å². The third-order valence-electron chi connectivity index (χ3n) is 6.81. The van der Waals surface area contributed by atoms with E-state index in [1.165, 1.54) is 23.4 Å². The van der Waals surface area contributed by atoms with Crippen LogP contribution in [0, 0.1) is 18.7 Å². The molecule has 0 radical (unpaired) electrons. The highest BCUT2D eigenvalue weighted by atomic mass is 19.1. The Morgan fingerprint density at radius 2 is 2.14 bits per heavy atom. The van der Waals surface area contributed by atoms with Gasteiger partial charge in [-0.15, -0.1) is 0 Å². The molecule has 36 heavy (non-hydrogen) atoms. The van der Waals surface area contributed by atoms with Crippen molar-refractivity contribution in [3.05, 3.63) is 41.6 Å². The van der Waals surface area contributed by atoms with Gasteiger partial charge in [-0.1, -0.05) is 0 Å². The number of ether oxygens (including phenoxy) is 1. The normalized spacial score (nSPS) is 19.9.